The number of aliphatic hydroxyl groups excluding tert-OH is 2. The molecule has 0 saturated carbocycles. The van der Waals surface area contributed by atoms with Gasteiger partial charge in [0.25, 0.3) is 0 Å². The number of benzene rings is 1. The number of likely N-dealkylation sites (N-methyl/N-ethyl adjacent to an activating group) is 1. The zero-order valence-electron chi connectivity index (χ0n) is 44.0. The van der Waals surface area contributed by atoms with Crippen LogP contribution in [0.4, 0.5) is 0 Å². The fraction of sp³-hybridized carbons (Fsp3) is 0.804. The van der Waals surface area contributed by atoms with Gasteiger partial charge in [0.15, 0.2) is 24.3 Å². The van der Waals surface area contributed by atoms with E-state index in [-0.39, 0.29) is 44.6 Å². The van der Waals surface area contributed by atoms with Crippen LogP contribution in [0.25, 0.3) is 0 Å². The molecule has 70 heavy (non-hydrogen) atoms. The summed E-state index contributed by atoms with van der Waals surface area (Å²) in [6, 6.07) is 6.95. The van der Waals surface area contributed by atoms with Gasteiger partial charge in [0.05, 0.1) is 50.1 Å². The molecule has 0 bridgehead atoms. The van der Waals surface area contributed by atoms with Gasteiger partial charge < -0.3 is 67.2 Å². The van der Waals surface area contributed by atoms with Gasteiger partial charge >= 0.3 is 23.9 Å². The number of nitrogens with zero attached hydrogens (tertiary/aromatic N) is 2. The Labute approximate surface area is 415 Å². The fourth-order valence-electron chi connectivity index (χ4n) is 10.5. The number of ether oxygens (including phenoxy) is 11. The van der Waals surface area contributed by atoms with E-state index in [0.29, 0.717) is 25.9 Å². The Bertz CT molecular complexity index is 1780. The van der Waals surface area contributed by atoms with Crippen molar-refractivity contribution >= 4 is 23.9 Å². The lowest BCUT2D eigenvalue weighted by atomic mass is 9.70. The third-order valence-electron chi connectivity index (χ3n) is 14.1. The van der Waals surface area contributed by atoms with Crippen molar-refractivity contribution in [2.24, 2.45) is 17.8 Å². The van der Waals surface area contributed by atoms with Crippen molar-refractivity contribution in [2.45, 2.75) is 192 Å². The van der Waals surface area contributed by atoms with Crippen LogP contribution in [0.15, 0.2) is 24.3 Å². The van der Waals surface area contributed by atoms with E-state index in [1.54, 1.807) is 55.8 Å². The van der Waals surface area contributed by atoms with Crippen molar-refractivity contribution in [1.82, 2.24) is 9.80 Å². The van der Waals surface area contributed by atoms with Crippen LogP contribution in [0.1, 0.15) is 106 Å². The van der Waals surface area contributed by atoms with E-state index in [1.807, 2.05) is 43.0 Å². The van der Waals surface area contributed by atoms with E-state index in [9.17, 15) is 29.4 Å². The zero-order valence-corrected chi connectivity index (χ0v) is 44.0. The molecule has 0 aliphatic carbocycles. The second-order valence-electron chi connectivity index (χ2n) is 19.7. The molecule has 400 valence electrons. The van der Waals surface area contributed by atoms with Crippen LogP contribution >= 0.6 is 0 Å². The molecule has 1 aromatic carbocycles. The summed E-state index contributed by atoms with van der Waals surface area (Å²) in [7, 11) is 9.73. The first-order valence-electron chi connectivity index (χ1n) is 24.8. The highest BCUT2D eigenvalue weighted by atomic mass is 16.7. The number of carbonyl (C=O) groups excluding carboxylic acids is 4. The molecule has 0 unspecified atom stereocenters. The van der Waals surface area contributed by atoms with Gasteiger partial charge in [-0.05, 0) is 84.2 Å². The summed E-state index contributed by atoms with van der Waals surface area (Å²) in [6.45, 7) is 14.9. The number of aliphatic hydroxyl groups is 2. The first-order valence-corrected chi connectivity index (χ1v) is 24.8. The maximum atomic E-state index is 14.0. The highest BCUT2D eigenvalue weighted by Crippen LogP contribution is 2.43. The van der Waals surface area contributed by atoms with Crippen LogP contribution in [0.3, 0.4) is 0 Å². The summed E-state index contributed by atoms with van der Waals surface area (Å²) < 4.78 is 67.2. The Morgan fingerprint density at radius 2 is 1.56 bits per heavy atom. The smallest absolute Gasteiger partial charge is 0.309 e. The van der Waals surface area contributed by atoms with Crippen LogP contribution in [0.2, 0.25) is 0 Å². The first-order chi connectivity index (χ1) is 33.1. The van der Waals surface area contributed by atoms with E-state index in [1.165, 1.54) is 28.3 Å². The van der Waals surface area contributed by atoms with E-state index in [0.717, 1.165) is 11.3 Å². The molecule has 2 N–H and O–H groups in total. The van der Waals surface area contributed by atoms with Crippen molar-refractivity contribution in [3.63, 3.8) is 0 Å². The van der Waals surface area contributed by atoms with Gasteiger partial charge in [0.2, 0.25) is 0 Å². The molecular weight excluding hydrogens is 913 g/mol. The minimum Gasteiger partial charge on any atom is -0.497 e. The molecule has 0 spiro atoms. The summed E-state index contributed by atoms with van der Waals surface area (Å²) in [5.74, 6) is -3.28. The lowest BCUT2D eigenvalue weighted by Gasteiger charge is -2.53. The third-order valence-corrected chi connectivity index (χ3v) is 14.1. The number of β-amino-alcohol motifs (C(OH)–C–C–N with tert-alkyl or cyclic N) is 1. The quantitative estimate of drug-likeness (QED) is 0.125. The van der Waals surface area contributed by atoms with Crippen molar-refractivity contribution in [3.05, 3.63) is 29.8 Å². The zero-order chi connectivity index (χ0) is 52.0. The van der Waals surface area contributed by atoms with Crippen LogP contribution in [0, 0.1) is 17.8 Å². The maximum Gasteiger partial charge on any atom is 0.309 e. The highest BCUT2D eigenvalue weighted by molar-refractivity contribution is 5.73. The van der Waals surface area contributed by atoms with Crippen molar-refractivity contribution in [3.8, 4) is 5.75 Å². The monoisotopic (exact) mass is 997 g/mol. The van der Waals surface area contributed by atoms with Crippen molar-refractivity contribution < 1.29 is 81.5 Å². The Morgan fingerprint density at radius 3 is 2.13 bits per heavy atom. The van der Waals surface area contributed by atoms with Gasteiger partial charge in [-0.15, -0.1) is 0 Å². The van der Waals surface area contributed by atoms with Crippen molar-refractivity contribution in [1.29, 1.82) is 0 Å². The van der Waals surface area contributed by atoms with Gasteiger partial charge in [-0.1, -0.05) is 32.9 Å². The predicted octanol–water partition coefficient (Wildman–Crippen LogP) is 4.43. The van der Waals surface area contributed by atoms with Gasteiger partial charge in [-0.25, -0.2) is 0 Å². The number of cyclic esters (lactones) is 1. The van der Waals surface area contributed by atoms with Gasteiger partial charge in [-0.3, -0.25) is 24.1 Å². The minimum absolute atomic E-state index is 0.00965. The van der Waals surface area contributed by atoms with Crippen LogP contribution in [0.5, 0.6) is 5.75 Å². The molecule has 1 aromatic rings. The van der Waals surface area contributed by atoms with Gasteiger partial charge in [0, 0.05) is 79.5 Å². The lowest BCUT2D eigenvalue weighted by Crippen LogP contribution is -2.67. The molecule has 0 radical (unpaired) electrons. The molecule has 3 aliphatic rings. The average Bonchev–Trinajstić information content (AvgIpc) is 3.30. The Morgan fingerprint density at radius 1 is 0.914 bits per heavy atom. The van der Waals surface area contributed by atoms with Crippen LogP contribution < -0.4 is 4.74 Å². The number of carbonyl (C=O) groups is 4. The summed E-state index contributed by atoms with van der Waals surface area (Å²) in [4.78, 5) is 56.3. The van der Waals surface area contributed by atoms with E-state index < -0.39 is 121 Å². The molecular formula is C51H84N2O17. The second kappa shape index (κ2) is 27.5. The molecule has 4 rings (SSSR count). The summed E-state index contributed by atoms with van der Waals surface area (Å²) in [6.07, 6.45) is -10.4. The third kappa shape index (κ3) is 16.0. The van der Waals surface area contributed by atoms with Crippen LogP contribution in [-0.2, 0) is 73.1 Å². The average molecular weight is 997 g/mol. The normalized spacial score (nSPS) is 35.3. The number of rotatable bonds is 17. The molecule has 3 heterocycles. The first kappa shape index (κ1) is 59.1. The topological polar surface area (TPSA) is 217 Å². The number of hydrogen-bond acceptors (Lipinski definition) is 19. The van der Waals surface area contributed by atoms with Crippen molar-refractivity contribution in [2.75, 3.05) is 55.6 Å². The fourth-order valence-corrected chi connectivity index (χ4v) is 10.5. The molecule has 19 nitrogen and oxygen atoms in total. The largest absolute Gasteiger partial charge is 0.497 e. The maximum absolute atomic E-state index is 14.0. The number of hydrogen-bond donors (Lipinski definition) is 2. The molecule has 0 amide bonds. The second-order valence-corrected chi connectivity index (χ2v) is 19.7. The lowest BCUT2D eigenvalue weighted by molar-refractivity contribution is -0.320. The standard InChI is InChI=1S/C51H84N2O17/c1-15-39(56)67-38-25-41(58)64-30(4)21-22-53(27-34-17-19-36(60-11)20-18-34)28-37(55)29(3)23-35(24-42(61-12)62-13)44(48(38)63-14)49-46(59)45(52(9)10)47(31(5)66-49)69-43-26-51(8,70-33(7)54)50(32(6)65-43)68-40(57)16-2/h17-20,29-32,35,37-38,42-50,55,59H,15-16,21-28H2,1-14H3/t29-,30-,31-,32+,35-,37+,38-,43+,44+,45-,46-,47-,48-,49+,50+,51-/m1/s1. The molecule has 16 atom stereocenters. The molecule has 3 fully saturated rings. The molecule has 3 saturated heterocycles. The Kier molecular flexibility index (Phi) is 23.2. The summed E-state index contributed by atoms with van der Waals surface area (Å²) in [5.41, 5.74) is -0.319. The van der Waals surface area contributed by atoms with Gasteiger partial charge in [-0.2, -0.15) is 0 Å². The van der Waals surface area contributed by atoms with Gasteiger partial charge in [0.1, 0.15) is 30.2 Å². The van der Waals surface area contributed by atoms with E-state index in [4.69, 9.17) is 52.1 Å². The molecule has 0 aromatic heterocycles. The highest BCUT2D eigenvalue weighted by Gasteiger charge is 2.56. The molecule has 19 heteroatoms. The van der Waals surface area contributed by atoms with E-state index >= 15 is 0 Å². The summed E-state index contributed by atoms with van der Waals surface area (Å²) >= 11 is 0. The number of esters is 4. The predicted molar refractivity (Wildman–Crippen MR) is 255 cm³/mol. The SMILES string of the molecule is CCC(=O)O[C@@H]1CC(=O)O[C@H](C)CCN(Cc2ccc(OC)cc2)C[C@H](O)[C@H](C)C[C@H](CC(OC)OC)[C@H]([C@@H]2O[C@H](C)[C@@H](O[C@H]3C[C@@](C)(OC(C)=O)[C@@H](OC(=O)CC)[C@H](C)O3)[C@H](N(C)C)[C@H]2O)[C@@H]1OC. The Balaban J connectivity index is 1.82. The minimum atomic E-state index is -1.33. The molecule has 3 aliphatic heterocycles. The number of methoxy groups -OCH3 is 4. The Hall–Kier alpha value is -3.50. The van der Waals surface area contributed by atoms with Crippen LogP contribution in [-0.4, -0.2) is 185 Å². The van der Waals surface area contributed by atoms with E-state index in [2.05, 4.69) is 4.90 Å². The summed E-state index contributed by atoms with van der Waals surface area (Å²) in [5, 5.41) is 25.1.